The number of amides is 1. The first-order chi connectivity index (χ1) is 12.6. The monoisotopic (exact) mass is 373 g/mol. The Morgan fingerprint density at radius 2 is 1.96 bits per heavy atom. The van der Waals surface area contributed by atoms with Crippen LogP contribution in [-0.2, 0) is 6.54 Å². The van der Waals surface area contributed by atoms with Crippen LogP contribution in [-0.4, -0.2) is 28.8 Å². The Kier molecular flexibility index (Phi) is 5.86. The largest absolute Gasteiger partial charge is 0.489 e. The second kappa shape index (κ2) is 8.49. The van der Waals surface area contributed by atoms with Crippen LogP contribution in [0.5, 0.6) is 5.75 Å². The maximum absolute atomic E-state index is 13.4. The summed E-state index contributed by atoms with van der Waals surface area (Å²) in [5.41, 5.74) is 1.35. The fraction of sp³-hybridized carbons (Fsp3) is 0.158. The van der Waals surface area contributed by atoms with Crippen LogP contribution in [0, 0.1) is 5.82 Å². The predicted octanol–water partition coefficient (Wildman–Crippen LogP) is 3.53. The minimum absolute atomic E-state index is 0.161. The van der Waals surface area contributed by atoms with Crippen molar-refractivity contribution in [3.63, 3.8) is 0 Å². The van der Waals surface area contributed by atoms with Gasteiger partial charge < -0.3 is 10.1 Å². The van der Waals surface area contributed by atoms with Gasteiger partial charge in [0.2, 0.25) is 0 Å². The maximum atomic E-state index is 13.4. The zero-order valence-corrected chi connectivity index (χ0v) is 14.6. The van der Waals surface area contributed by atoms with E-state index in [1.807, 2.05) is 24.3 Å². The Labute approximate surface area is 155 Å². The molecule has 0 aliphatic rings. The number of hydrogen-bond acceptors (Lipinski definition) is 3. The average Bonchev–Trinajstić information content (AvgIpc) is 3.11. The van der Waals surface area contributed by atoms with Gasteiger partial charge in [0.1, 0.15) is 6.61 Å². The molecule has 1 heterocycles. The van der Waals surface area contributed by atoms with Crippen LogP contribution in [0.15, 0.2) is 60.9 Å². The number of carbonyl (C=O) groups is 1. The summed E-state index contributed by atoms with van der Waals surface area (Å²) in [5.74, 6) is -0.540. The Morgan fingerprint density at radius 3 is 2.77 bits per heavy atom. The molecule has 0 fully saturated rings. The highest BCUT2D eigenvalue weighted by Crippen LogP contribution is 2.16. The molecule has 1 amide bonds. The van der Waals surface area contributed by atoms with E-state index in [0.717, 1.165) is 5.56 Å². The van der Waals surface area contributed by atoms with Crippen molar-refractivity contribution >= 4 is 17.5 Å². The van der Waals surface area contributed by atoms with Crippen molar-refractivity contribution in [1.82, 2.24) is 15.1 Å². The Balaban J connectivity index is 1.49. The van der Waals surface area contributed by atoms with Gasteiger partial charge in [-0.25, -0.2) is 4.39 Å². The van der Waals surface area contributed by atoms with E-state index in [2.05, 4.69) is 10.4 Å². The number of benzene rings is 2. The first kappa shape index (κ1) is 17.9. The highest BCUT2D eigenvalue weighted by molar-refractivity contribution is 6.31. The standard InChI is InChI=1S/C19H17ClFN3O2/c20-16-6-2-1-5-14(16)12-24-13-15(11-23-24)19(25)22-9-10-26-18-8-4-3-7-17(18)21/h1-8,11,13H,9-10,12H2,(H,22,25). The molecule has 0 saturated heterocycles. The van der Waals surface area contributed by atoms with Gasteiger partial charge in [0, 0.05) is 11.2 Å². The van der Waals surface area contributed by atoms with E-state index < -0.39 is 5.82 Å². The molecule has 1 aromatic heterocycles. The summed E-state index contributed by atoms with van der Waals surface area (Å²) in [4.78, 5) is 12.1. The molecule has 0 atom stereocenters. The molecule has 0 radical (unpaired) electrons. The highest BCUT2D eigenvalue weighted by atomic mass is 35.5. The van der Waals surface area contributed by atoms with Crippen LogP contribution in [0.25, 0.3) is 0 Å². The Bertz CT molecular complexity index is 898. The number of halogens is 2. The third kappa shape index (κ3) is 4.61. The topological polar surface area (TPSA) is 56.1 Å². The molecule has 26 heavy (non-hydrogen) atoms. The number of para-hydroxylation sites is 1. The van der Waals surface area contributed by atoms with Crippen molar-refractivity contribution in [3.05, 3.63) is 82.9 Å². The van der Waals surface area contributed by atoms with Crippen LogP contribution >= 0.6 is 11.6 Å². The van der Waals surface area contributed by atoms with Gasteiger partial charge in [-0.3, -0.25) is 9.48 Å². The number of nitrogens with one attached hydrogen (secondary N) is 1. The molecule has 0 aliphatic carbocycles. The molecule has 1 N–H and O–H groups in total. The molecule has 3 rings (SSSR count). The summed E-state index contributed by atoms with van der Waals surface area (Å²) in [6.45, 7) is 0.895. The molecule has 7 heteroatoms. The predicted molar refractivity (Wildman–Crippen MR) is 97.0 cm³/mol. The smallest absolute Gasteiger partial charge is 0.254 e. The van der Waals surface area contributed by atoms with Crippen molar-refractivity contribution in [2.24, 2.45) is 0 Å². The number of ether oxygens (including phenoxy) is 1. The molecule has 134 valence electrons. The first-order valence-electron chi connectivity index (χ1n) is 8.05. The molecule has 3 aromatic rings. The van der Waals surface area contributed by atoms with Crippen LogP contribution in [0.4, 0.5) is 4.39 Å². The van der Waals surface area contributed by atoms with E-state index in [4.69, 9.17) is 16.3 Å². The van der Waals surface area contributed by atoms with E-state index in [-0.39, 0.29) is 24.8 Å². The van der Waals surface area contributed by atoms with Crippen molar-refractivity contribution in [1.29, 1.82) is 0 Å². The minimum atomic E-state index is -0.431. The van der Waals surface area contributed by atoms with Gasteiger partial charge >= 0.3 is 0 Å². The number of aromatic nitrogens is 2. The molecular formula is C19H17ClFN3O2. The van der Waals surface area contributed by atoms with Crippen LogP contribution < -0.4 is 10.1 Å². The van der Waals surface area contributed by atoms with Gasteiger partial charge in [0.15, 0.2) is 11.6 Å². The molecule has 0 aliphatic heterocycles. The van der Waals surface area contributed by atoms with Gasteiger partial charge in [0.25, 0.3) is 5.91 Å². The third-order valence-electron chi connectivity index (χ3n) is 3.67. The molecule has 0 unspecified atom stereocenters. The van der Waals surface area contributed by atoms with Crippen LogP contribution in [0.1, 0.15) is 15.9 Å². The Hall–Kier alpha value is -2.86. The second-order valence-corrected chi connectivity index (χ2v) is 5.96. The van der Waals surface area contributed by atoms with Gasteiger partial charge in [-0.05, 0) is 23.8 Å². The van der Waals surface area contributed by atoms with Crippen LogP contribution in [0.2, 0.25) is 5.02 Å². The quantitative estimate of drug-likeness (QED) is 0.644. The zero-order chi connectivity index (χ0) is 18.4. The minimum Gasteiger partial charge on any atom is -0.489 e. The van der Waals surface area contributed by atoms with Gasteiger partial charge in [0.05, 0.1) is 24.8 Å². The molecular weight excluding hydrogens is 357 g/mol. The normalized spacial score (nSPS) is 10.5. The van der Waals surface area contributed by atoms with Gasteiger partial charge in [-0.1, -0.05) is 41.9 Å². The maximum Gasteiger partial charge on any atom is 0.254 e. The van der Waals surface area contributed by atoms with Crippen molar-refractivity contribution < 1.29 is 13.9 Å². The van der Waals surface area contributed by atoms with Crippen molar-refractivity contribution in [2.75, 3.05) is 13.2 Å². The summed E-state index contributed by atoms with van der Waals surface area (Å²) in [6, 6.07) is 13.6. The number of carbonyl (C=O) groups excluding carboxylic acids is 1. The van der Waals surface area contributed by atoms with Crippen molar-refractivity contribution in [2.45, 2.75) is 6.54 Å². The lowest BCUT2D eigenvalue weighted by Crippen LogP contribution is -2.27. The molecule has 0 spiro atoms. The number of hydrogen-bond donors (Lipinski definition) is 1. The number of rotatable bonds is 7. The summed E-state index contributed by atoms with van der Waals surface area (Å²) >= 11 is 6.13. The first-order valence-corrected chi connectivity index (χ1v) is 8.42. The Morgan fingerprint density at radius 1 is 1.19 bits per heavy atom. The van der Waals surface area contributed by atoms with E-state index in [1.54, 1.807) is 23.0 Å². The zero-order valence-electron chi connectivity index (χ0n) is 13.9. The van der Waals surface area contributed by atoms with E-state index in [9.17, 15) is 9.18 Å². The lowest BCUT2D eigenvalue weighted by atomic mass is 10.2. The molecule has 0 saturated carbocycles. The fourth-order valence-corrected chi connectivity index (χ4v) is 2.55. The fourth-order valence-electron chi connectivity index (χ4n) is 2.36. The molecule has 2 aromatic carbocycles. The van der Waals surface area contributed by atoms with Crippen LogP contribution in [0.3, 0.4) is 0 Å². The lowest BCUT2D eigenvalue weighted by molar-refractivity contribution is 0.0946. The van der Waals surface area contributed by atoms with E-state index in [1.165, 1.54) is 18.3 Å². The van der Waals surface area contributed by atoms with Gasteiger partial charge in [-0.15, -0.1) is 0 Å². The van der Waals surface area contributed by atoms with Crippen molar-refractivity contribution in [3.8, 4) is 5.75 Å². The summed E-state index contributed by atoms with van der Waals surface area (Å²) in [5, 5.41) is 7.54. The van der Waals surface area contributed by atoms with E-state index in [0.29, 0.717) is 17.1 Å². The highest BCUT2D eigenvalue weighted by Gasteiger charge is 2.09. The van der Waals surface area contributed by atoms with E-state index >= 15 is 0 Å². The average molecular weight is 374 g/mol. The SMILES string of the molecule is O=C(NCCOc1ccccc1F)c1cnn(Cc2ccccc2Cl)c1. The summed E-state index contributed by atoms with van der Waals surface area (Å²) in [7, 11) is 0. The molecule has 0 bridgehead atoms. The summed E-state index contributed by atoms with van der Waals surface area (Å²) < 4.78 is 20.4. The van der Waals surface area contributed by atoms with Gasteiger partial charge in [-0.2, -0.15) is 5.10 Å². The molecule has 5 nitrogen and oxygen atoms in total. The summed E-state index contributed by atoms with van der Waals surface area (Å²) in [6.07, 6.45) is 3.14. The second-order valence-electron chi connectivity index (χ2n) is 5.55. The lowest BCUT2D eigenvalue weighted by Gasteiger charge is -2.07. The number of nitrogens with zero attached hydrogens (tertiary/aromatic N) is 2. The third-order valence-corrected chi connectivity index (χ3v) is 4.04.